The molecule has 0 spiro atoms. The molecule has 0 aliphatic carbocycles. The Kier molecular flexibility index (Phi) is 5.86. The van der Waals surface area contributed by atoms with Gasteiger partial charge in [-0.05, 0) is 48.9 Å². The number of halogens is 1. The van der Waals surface area contributed by atoms with Crippen LogP contribution >= 0.6 is 35.6 Å². The maximum Gasteiger partial charge on any atom is 0.270 e. The summed E-state index contributed by atoms with van der Waals surface area (Å²) < 4.78 is 11.3. The zero-order chi connectivity index (χ0) is 18.7. The Labute approximate surface area is 166 Å². The van der Waals surface area contributed by atoms with Crippen molar-refractivity contribution in [2.75, 3.05) is 18.6 Å². The van der Waals surface area contributed by atoms with Crippen molar-refractivity contribution >= 4 is 57.6 Å². The Morgan fingerprint density at radius 3 is 2.73 bits per heavy atom. The lowest BCUT2D eigenvalue weighted by atomic mass is 10.2. The monoisotopic (exact) mass is 405 g/mol. The summed E-state index contributed by atoms with van der Waals surface area (Å²) in [7, 11) is 1.58. The number of methoxy groups -OCH3 is 1. The summed E-state index contributed by atoms with van der Waals surface area (Å²) in [6.45, 7) is 2.46. The van der Waals surface area contributed by atoms with Crippen LogP contribution in [-0.2, 0) is 4.79 Å². The molecule has 7 heteroatoms. The van der Waals surface area contributed by atoms with Crippen molar-refractivity contribution in [3.05, 3.63) is 58.0 Å². The summed E-state index contributed by atoms with van der Waals surface area (Å²) >= 11 is 12.7. The molecule has 1 aliphatic rings. The normalized spacial score (nSPS) is 15.7. The zero-order valence-electron chi connectivity index (χ0n) is 14.2. The molecule has 134 valence electrons. The van der Waals surface area contributed by atoms with Gasteiger partial charge in [-0.25, -0.2) is 0 Å². The van der Waals surface area contributed by atoms with Gasteiger partial charge in [0.2, 0.25) is 0 Å². The van der Waals surface area contributed by atoms with Gasteiger partial charge in [0.25, 0.3) is 5.91 Å². The lowest BCUT2D eigenvalue weighted by Crippen LogP contribution is -2.27. The molecule has 1 saturated heterocycles. The molecule has 0 unspecified atom stereocenters. The van der Waals surface area contributed by atoms with E-state index in [9.17, 15) is 4.79 Å². The Hall–Kier alpha value is -2.02. The number of carbonyl (C=O) groups is 1. The predicted molar refractivity (Wildman–Crippen MR) is 111 cm³/mol. The second kappa shape index (κ2) is 8.12. The summed E-state index contributed by atoms with van der Waals surface area (Å²) in [5.74, 6) is 1.11. The number of ether oxygens (including phenoxy) is 2. The number of anilines is 1. The zero-order valence-corrected chi connectivity index (χ0v) is 16.6. The topological polar surface area (TPSA) is 38.8 Å². The predicted octanol–water partition coefficient (Wildman–Crippen LogP) is 5.15. The van der Waals surface area contributed by atoms with Gasteiger partial charge in [0, 0.05) is 5.02 Å². The highest BCUT2D eigenvalue weighted by molar-refractivity contribution is 8.27. The Bertz CT molecular complexity index is 898. The third-order valence-electron chi connectivity index (χ3n) is 3.65. The van der Waals surface area contributed by atoms with E-state index in [1.54, 1.807) is 37.5 Å². The van der Waals surface area contributed by atoms with E-state index in [1.165, 1.54) is 16.7 Å². The van der Waals surface area contributed by atoms with Crippen LogP contribution in [0.3, 0.4) is 0 Å². The molecule has 4 nitrogen and oxygen atoms in total. The summed E-state index contributed by atoms with van der Waals surface area (Å²) in [6.07, 6.45) is 1.79. The molecule has 0 N–H and O–H groups in total. The minimum Gasteiger partial charge on any atom is -0.493 e. The number of rotatable bonds is 5. The molecule has 1 amide bonds. The minimum atomic E-state index is -0.171. The smallest absolute Gasteiger partial charge is 0.270 e. The van der Waals surface area contributed by atoms with Crippen LogP contribution in [0.2, 0.25) is 5.02 Å². The molecular formula is C19H16ClNO3S2. The summed E-state index contributed by atoms with van der Waals surface area (Å²) in [5, 5.41) is 0.553. The van der Waals surface area contributed by atoms with Crippen molar-refractivity contribution in [1.29, 1.82) is 0 Å². The molecule has 0 radical (unpaired) electrons. The van der Waals surface area contributed by atoms with Crippen molar-refractivity contribution in [1.82, 2.24) is 0 Å². The van der Waals surface area contributed by atoms with E-state index in [4.69, 9.17) is 33.3 Å². The highest BCUT2D eigenvalue weighted by atomic mass is 35.5. The average molecular weight is 406 g/mol. The first-order chi connectivity index (χ1) is 12.5. The van der Waals surface area contributed by atoms with Crippen molar-refractivity contribution < 1.29 is 14.3 Å². The SMILES string of the molecule is CCOc1ccc(/C=C2\SC(=S)N(c3cccc(Cl)c3)C2=O)cc1OC. The molecule has 0 bridgehead atoms. The first kappa shape index (κ1) is 18.8. The third kappa shape index (κ3) is 3.87. The molecular weight excluding hydrogens is 390 g/mol. The van der Waals surface area contributed by atoms with Gasteiger partial charge in [-0.3, -0.25) is 9.69 Å². The number of thioether (sulfide) groups is 1. The number of benzene rings is 2. The molecule has 1 heterocycles. The van der Waals surface area contributed by atoms with E-state index >= 15 is 0 Å². The van der Waals surface area contributed by atoms with Crippen LogP contribution < -0.4 is 14.4 Å². The van der Waals surface area contributed by atoms with Crippen LogP contribution in [0.5, 0.6) is 11.5 Å². The number of hydrogen-bond donors (Lipinski definition) is 0. The van der Waals surface area contributed by atoms with E-state index in [-0.39, 0.29) is 5.91 Å². The van der Waals surface area contributed by atoms with Gasteiger partial charge < -0.3 is 9.47 Å². The van der Waals surface area contributed by atoms with Gasteiger partial charge in [-0.1, -0.05) is 47.7 Å². The molecule has 2 aromatic rings. The Morgan fingerprint density at radius 2 is 2.04 bits per heavy atom. The second-order valence-corrected chi connectivity index (χ2v) is 7.45. The molecule has 1 aliphatic heterocycles. The summed E-state index contributed by atoms with van der Waals surface area (Å²) in [5.41, 5.74) is 1.49. The fraction of sp³-hybridized carbons (Fsp3) is 0.158. The molecule has 2 aromatic carbocycles. The minimum absolute atomic E-state index is 0.171. The second-order valence-electron chi connectivity index (χ2n) is 5.34. The number of nitrogens with zero attached hydrogens (tertiary/aromatic N) is 1. The van der Waals surface area contributed by atoms with E-state index in [0.717, 1.165) is 5.56 Å². The third-order valence-corrected chi connectivity index (χ3v) is 5.18. The fourth-order valence-electron chi connectivity index (χ4n) is 2.51. The van der Waals surface area contributed by atoms with Gasteiger partial charge in [0.05, 0.1) is 24.3 Å². The number of thiocarbonyl (C=S) groups is 1. The summed E-state index contributed by atoms with van der Waals surface area (Å²) in [4.78, 5) is 14.8. The van der Waals surface area contributed by atoms with Crippen LogP contribution in [0.15, 0.2) is 47.4 Å². The highest BCUT2D eigenvalue weighted by Crippen LogP contribution is 2.37. The number of hydrogen-bond acceptors (Lipinski definition) is 5. The van der Waals surface area contributed by atoms with Crippen molar-refractivity contribution in [2.45, 2.75) is 6.92 Å². The largest absolute Gasteiger partial charge is 0.493 e. The van der Waals surface area contributed by atoms with Crippen LogP contribution in [-0.4, -0.2) is 23.9 Å². The molecule has 0 saturated carbocycles. The fourth-order valence-corrected chi connectivity index (χ4v) is 3.99. The maximum atomic E-state index is 12.8. The van der Waals surface area contributed by atoms with Gasteiger partial charge >= 0.3 is 0 Å². The van der Waals surface area contributed by atoms with Crippen LogP contribution in [0.4, 0.5) is 5.69 Å². The van der Waals surface area contributed by atoms with Crippen molar-refractivity contribution in [3.8, 4) is 11.5 Å². The quantitative estimate of drug-likeness (QED) is 0.508. The van der Waals surface area contributed by atoms with Gasteiger partial charge in [-0.15, -0.1) is 0 Å². The van der Waals surface area contributed by atoms with Crippen molar-refractivity contribution in [2.24, 2.45) is 0 Å². The highest BCUT2D eigenvalue weighted by Gasteiger charge is 2.33. The first-order valence-electron chi connectivity index (χ1n) is 7.88. The molecule has 26 heavy (non-hydrogen) atoms. The van der Waals surface area contributed by atoms with E-state index in [2.05, 4.69) is 0 Å². The van der Waals surface area contributed by atoms with Crippen LogP contribution in [0.1, 0.15) is 12.5 Å². The van der Waals surface area contributed by atoms with Gasteiger partial charge in [-0.2, -0.15) is 0 Å². The summed E-state index contributed by atoms with van der Waals surface area (Å²) in [6, 6.07) is 12.6. The maximum absolute atomic E-state index is 12.8. The Morgan fingerprint density at radius 1 is 1.23 bits per heavy atom. The van der Waals surface area contributed by atoms with E-state index < -0.39 is 0 Å². The lowest BCUT2D eigenvalue weighted by Gasteiger charge is -2.14. The molecule has 3 rings (SSSR count). The molecule has 0 aromatic heterocycles. The van der Waals surface area contributed by atoms with Gasteiger partial charge in [0.1, 0.15) is 0 Å². The van der Waals surface area contributed by atoms with Gasteiger partial charge in [0.15, 0.2) is 15.8 Å². The van der Waals surface area contributed by atoms with Crippen LogP contribution in [0.25, 0.3) is 6.08 Å². The van der Waals surface area contributed by atoms with Crippen molar-refractivity contribution in [3.63, 3.8) is 0 Å². The average Bonchev–Trinajstić information content (AvgIpc) is 2.90. The molecule has 0 atom stereocenters. The van der Waals surface area contributed by atoms with E-state index in [0.29, 0.717) is 38.0 Å². The lowest BCUT2D eigenvalue weighted by molar-refractivity contribution is -0.113. The van der Waals surface area contributed by atoms with E-state index in [1.807, 2.05) is 25.1 Å². The molecule has 1 fully saturated rings. The standard InChI is InChI=1S/C19H16ClNO3S2/c1-3-24-15-8-7-12(9-16(15)23-2)10-17-18(22)21(19(25)26-17)14-6-4-5-13(20)11-14/h4-11H,3H2,1-2H3/b17-10-. The first-order valence-corrected chi connectivity index (χ1v) is 9.48. The number of amides is 1. The van der Waals surface area contributed by atoms with Crippen LogP contribution in [0, 0.1) is 0 Å². The Balaban J connectivity index is 1.90. The number of carbonyl (C=O) groups excluding carboxylic acids is 1.